The SMILES string of the molecule is CCC(N)(CC)C(=O)N1CCCN(CC(=O)O)CC1. The van der Waals surface area contributed by atoms with Crippen molar-refractivity contribution >= 4 is 11.9 Å². The number of amides is 1. The molecule has 0 atom stereocenters. The fourth-order valence-electron chi connectivity index (χ4n) is 2.39. The number of aliphatic carboxylic acids is 1. The van der Waals surface area contributed by atoms with E-state index in [-0.39, 0.29) is 12.5 Å². The molecule has 0 aliphatic carbocycles. The highest BCUT2D eigenvalue weighted by Gasteiger charge is 2.34. The van der Waals surface area contributed by atoms with E-state index in [9.17, 15) is 9.59 Å². The van der Waals surface area contributed by atoms with Crippen LogP contribution in [-0.2, 0) is 9.59 Å². The summed E-state index contributed by atoms with van der Waals surface area (Å²) in [4.78, 5) is 26.8. The lowest BCUT2D eigenvalue weighted by atomic mass is 9.92. The van der Waals surface area contributed by atoms with E-state index in [0.29, 0.717) is 39.0 Å². The van der Waals surface area contributed by atoms with Crippen molar-refractivity contribution in [3.05, 3.63) is 0 Å². The zero-order valence-corrected chi connectivity index (χ0v) is 11.9. The minimum absolute atomic E-state index is 0.00493. The molecule has 0 bridgehead atoms. The summed E-state index contributed by atoms with van der Waals surface area (Å²) in [5.74, 6) is -0.829. The smallest absolute Gasteiger partial charge is 0.317 e. The van der Waals surface area contributed by atoms with Crippen LogP contribution in [0.5, 0.6) is 0 Å². The highest BCUT2D eigenvalue weighted by atomic mass is 16.4. The van der Waals surface area contributed by atoms with E-state index >= 15 is 0 Å². The Morgan fingerprint density at radius 3 is 2.32 bits per heavy atom. The molecule has 0 radical (unpaired) electrons. The van der Waals surface area contributed by atoms with Crippen LogP contribution < -0.4 is 5.73 Å². The average molecular weight is 271 g/mol. The first-order valence-electron chi connectivity index (χ1n) is 6.95. The predicted molar refractivity (Wildman–Crippen MR) is 72.8 cm³/mol. The Kier molecular flexibility index (Phi) is 5.75. The molecule has 1 aliphatic heterocycles. The fourth-order valence-corrected chi connectivity index (χ4v) is 2.39. The fraction of sp³-hybridized carbons (Fsp3) is 0.846. The van der Waals surface area contributed by atoms with Gasteiger partial charge in [0.15, 0.2) is 0 Å². The van der Waals surface area contributed by atoms with Crippen molar-refractivity contribution in [3.8, 4) is 0 Å². The van der Waals surface area contributed by atoms with Crippen molar-refractivity contribution in [2.24, 2.45) is 5.73 Å². The van der Waals surface area contributed by atoms with Crippen LogP contribution in [0.1, 0.15) is 33.1 Å². The Morgan fingerprint density at radius 1 is 1.16 bits per heavy atom. The number of nitrogens with two attached hydrogens (primary N) is 1. The maximum atomic E-state index is 12.4. The third-order valence-electron chi connectivity index (χ3n) is 3.92. The Labute approximate surface area is 114 Å². The van der Waals surface area contributed by atoms with Crippen molar-refractivity contribution in [3.63, 3.8) is 0 Å². The van der Waals surface area contributed by atoms with Crippen LogP contribution in [-0.4, -0.2) is 65.0 Å². The molecule has 0 saturated carbocycles. The lowest BCUT2D eigenvalue weighted by Crippen LogP contribution is -2.55. The van der Waals surface area contributed by atoms with Gasteiger partial charge in [0, 0.05) is 26.2 Å². The largest absolute Gasteiger partial charge is 0.480 e. The number of carboxylic acid groups (broad SMARTS) is 1. The molecule has 1 rings (SSSR count). The number of hydrogen-bond acceptors (Lipinski definition) is 4. The van der Waals surface area contributed by atoms with Gasteiger partial charge < -0.3 is 15.7 Å². The maximum Gasteiger partial charge on any atom is 0.317 e. The zero-order valence-electron chi connectivity index (χ0n) is 11.9. The average Bonchev–Trinajstić information content (AvgIpc) is 2.62. The number of rotatable bonds is 5. The summed E-state index contributed by atoms with van der Waals surface area (Å²) in [6.45, 7) is 6.43. The molecule has 19 heavy (non-hydrogen) atoms. The monoisotopic (exact) mass is 271 g/mol. The number of carbonyl (C=O) groups is 2. The second-order valence-corrected chi connectivity index (χ2v) is 5.18. The van der Waals surface area contributed by atoms with E-state index in [0.717, 1.165) is 6.42 Å². The maximum absolute atomic E-state index is 12.4. The van der Waals surface area contributed by atoms with Crippen LogP contribution in [0.15, 0.2) is 0 Å². The predicted octanol–water partition coefficient (Wildman–Crippen LogP) is 0.123. The summed E-state index contributed by atoms with van der Waals surface area (Å²) < 4.78 is 0. The third kappa shape index (κ3) is 4.18. The van der Waals surface area contributed by atoms with Crippen molar-refractivity contribution < 1.29 is 14.7 Å². The Bertz CT molecular complexity index is 329. The Balaban J connectivity index is 2.62. The second-order valence-electron chi connectivity index (χ2n) is 5.18. The molecule has 0 aromatic rings. The van der Waals surface area contributed by atoms with Gasteiger partial charge >= 0.3 is 5.97 Å². The van der Waals surface area contributed by atoms with Crippen molar-refractivity contribution in [1.82, 2.24) is 9.80 Å². The van der Waals surface area contributed by atoms with E-state index in [1.54, 1.807) is 4.90 Å². The standard InChI is InChI=1S/C13H25N3O3/c1-3-13(14,4-2)12(19)16-7-5-6-15(8-9-16)10-11(17)18/h3-10,14H2,1-2H3,(H,17,18). The second kappa shape index (κ2) is 6.86. The topological polar surface area (TPSA) is 86.9 Å². The highest BCUT2D eigenvalue weighted by molar-refractivity contribution is 5.86. The molecular weight excluding hydrogens is 246 g/mol. The zero-order chi connectivity index (χ0) is 14.5. The summed E-state index contributed by atoms with van der Waals surface area (Å²) in [6.07, 6.45) is 2.04. The first kappa shape index (κ1) is 15.9. The summed E-state index contributed by atoms with van der Waals surface area (Å²) in [5, 5.41) is 8.80. The first-order chi connectivity index (χ1) is 8.92. The molecule has 1 saturated heterocycles. The molecule has 3 N–H and O–H groups in total. The van der Waals surface area contributed by atoms with Gasteiger partial charge in [-0.2, -0.15) is 0 Å². The molecular formula is C13H25N3O3. The van der Waals surface area contributed by atoms with E-state index < -0.39 is 11.5 Å². The third-order valence-corrected chi connectivity index (χ3v) is 3.92. The van der Waals surface area contributed by atoms with Gasteiger partial charge in [0.25, 0.3) is 0 Å². The molecule has 0 aromatic carbocycles. The molecule has 0 unspecified atom stereocenters. The van der Waals surface area contributed by atoms with Crippen molar-refractivity contribution in [2.75, 3.05) is 32.7 Å². The molecule has 1 fully saturated rings. The van der Waals surface area contributed by atoms with Gasteiger partial charge in [-0.05, 0) is 19.3 Å². The normalized spacial score (nSPS) is 18.2. The molecule has 6 nitrogen and oxygen atoms in total. The minimum atomic E-state index is -0.824. The van der Waals surface area contributed by atoms with Crippen LogP contribution in [0.4, 0.5) is 0 Å². The first-order valence-corrected chi connectivity index (χ1v) is 6.95. The number of carboxylic acids is 1. The number of hydrogen-bond donors (Lipinski definition) is 2. The van der Waals surface area contributed by atoms with Crippen LogP contribution in [0.2, 0.25) is 0 Å². The van der Waals surface area contributed by atoms with E-state index in [1.807, 2.05) is 18.7 Å². The van der Waals surface area contributed by atoms with E-state index in [1.165, 1.54) is 0 Å². The van der Waals surface area contributed by atoms with Crippen molar-refractivity contribution in [2.45, 2.75) is 38.6 Å². The van der Waals surface area contributed by atoms with E-state index in [2.05, 4.69) is 0 Å². The van der Waals surface area contributed by atoms with E-state index in [4.69, 9.17) is 10.8 Å². The van der Waals surface area contributed by atoms with Crippen LogP contribution in [0.3, 0.4) is 0 Å². The van der Waals surface area contributed by atoms with Gasteiger partial charge in [0.2, 0.25) is 5.91 Å². The molecule has 0 aromatic heterocycles. The number of carbonyl (C=O) groups excluding carboxylic acids is 1. The van der Waals surface area contributed by atoms with Crippen LogP contribution in [0, 0.1) is 0 Å². The molecule has 110 valence electrons. The Hall–Kier alpha value is -1.14. The summed E-state index contributed by atoms with van der Waals surface area (Å²) in [5.41, 5.74) is 5.36. The van der Waals surface area contributed by atoms with Gasteiger partial charge in [-0.15, -0.1) is 0 Å². The molecule has 0 spiro atoms. The van der Waals surface area contributed by atoms with Gasteiger partial charge in [0.1, 0.15) is 0 Å². The summed E-state index contributed by atoms with van der Waals surface area (Å²) >= 11 is 0. The number of nitrogens with zero attached hydrogens (tertiary/aromatic N) is 2. The minimum Gasteiger partial charge on any atom is -0.480 e. The quantitative estimate of drug-likeness (QED) is 0.742. The molecule has 1 heterocycles. The van der Waals surface area contributed by atoms with Gasteiger partial charge in [-0.25, -0.2) is 0 Å². The van der Waals surface area contributed by atoms with Gasteiger partial charge in [0.05, 0.1) is 12.1 Å². The van der Waals surface area contributed by atoms with Crippen LogP contribution >= 0.6 is 0 Å². The summed E-state index contributed by atoms with van der Waals surface area (Å²) in [6, 6.07) is 0. The summed E-state index contributed by atoms with van der Waals surface area (Å²) in [7, 11) is 0. The van der Waals surface area contributed by atoms with Crippen molar-refractivity contribution in [1.29, 1.82) is 0 Å². The highest BCUT2D eigenvalue weighted by Crippen LogP contribution is 2.16. The lowest BCUT2D eigenvalue weighted by Gasteiger charge is -2.32. The van der Waals surface area contributed by atoms with Gasteiger partial charge in [-0.1, -0.05) is 13.8 Å². The Morgan fingerprint density at radius 2 is 1.79 bits per heavy atom. The van der Waals surface area contributed by atoms with Gasteiger partial charge in [-0.3, -0.25) is 14.5 Å². The van der Waals surface area contributed by atoms with Crippen LogP contribution in [0.25, 0.3) is 0 Å². The molecule has 6 heteroatoms. The lowest BCUT2D eigenvalue weighted by molar-refractivity contribution is -0.138. The molecule has 1 aliphatic rings. The molecule has 1 amide bonds.